The van der Waals surface area contributed by atoms with E-state index in [2.05, 4.69) is 20.3 Å². The monoisotopic (exact) mass is 489 g/mol. The molecule has 0 radical (unpaired) electrons. The number of halogens is 1. The predicted molar refractivity (Wildman–Crippen MR) is 130 cm³/mol. The number of pyridine rings is 1. The van der Waals surface area contributed by atoms with Gasteiger partial charge in [0, 0.05) is 18.3 Å². The van der Waals surface area contributed by atoms with Crippen LogP contribution in [0.15, 0.2) is 42.7 Å². The number of benzene rings is 1. The van der Waals surface area contributed by atoms with E-state index in [1.165, 1.54) is 12.3 Å². The topological polar surface area (TPSA) is 112 Å². The number of aromatic nitrogens is 7. The van der Waals surface area contributed by atoms with E-state index in [1.807, 2.05) is 31.2 Å². The van der Waals surface area contributed by atoms with Crippen LogP contribution in [0.25, 0.3) is 28.4 Å². The van der Waals surface area contributed by atoms with Gasteiger partial charge in [-0.05, 0) is 44.5 Å². The summed E-state index contributed by atoms with van der Waals surface area (Å²) in [7, 11) is 1.59. The number of aromatic carboxylic acids is 1. The Kier molecular flexibility index (Phi) is 5.75. The summed E-state index contributed by atoms with van der Waals surface area (Å²) >= 11 is 0. The van der Waals surface area contributed by atoms with Crippen molar-refractivity contribution in [2.45, 2.75) is 33.9 Å². The van der Waals surface area contributed by atoms with Crippen LogP contribution in [-0.2, 0) is 13.1 Å². The van der Waals surface area contributed by atoms with Gasteiger partial charge >= 0.3 is 5.97 Å². The summed E-state index contributed by atoms with van der Waals surface area (Å²) in [5.41, 5.74) is 2.62. The first-order valence-corrected chi connectivity index (χ1v) is 11.3. The number of carboxylic acids is 1. The van der Waals surface area contributed by atoms with E-state index < -0.39 is 11.8 Å². The minimum Gasteiger partial charge on any atom is -0.497 e. The first-order valence-electron chi connectivity index (χ1n) is 11.3. The van der Waals surface area contributed by atoms with Crippen LogP contribution in [0, 0.1) is 19.7 Å². The number of aryl methyl sites for hydroxylation is 3. The number of ether oxygens (including phenoxy) is 1. The SMILES string of the molecule is CCn1nc(C)c(F)c1-c1nnc(-c2cc(C(=O)O)cn3c(C)ncc23)n1Cc1ccc(OC)cc1. The normalized spacial score (nSPS) is 11.4. The molecule has 184 valence electrons. The molecule has 0 aliphatic carbocycles. The molecule has 4 heterocycles. The van der Waals surface area contributed by atoms with Gasteiger partial charge in [-0.2, -0.15) is 5.10 Å². The van der Waals surface area contributed by atoms with Crippen molar-refractivity contribution in [1.29, 1.82) is 0 Å². The minimum atomic E-state index is -1.08. The zero-order chi connectivity index (χ0) is 25.6. The van der Waals surface area contributed by atoms with E-state index in [0.717, 1.165) is 5.56 Å². The van der Waals surface area contributed by atoms with Gasteiger partial charge in [-0.25, -0.2) is 14.2 Å². The summed E-state index contributed by atoms with van der Waals surface area (Å²) in [6, 6.07) is 9.01. The molecule has 0 aliphatic rings. The zero-order valence-electron chi connectivity index (χ0n) is 20.2. The third-order valence-electron chi connectivity index (χ3n) is 6.13. The van der Waals surface area contributed by atoms with Crippen molar-refractivity contribution in [3.8, 4) is 28.7 Å². The number of imidazole rings is 1. The van der Waals surface area contributed by atoms with E-state index in [1.54, 1.807) is 40.8 Å². The first kappa shape index (κ1) is 23.2. The zero-order valence-corrected chi connectivity index (χ0v) is 20.2. The Morgan fingerprint density at radius 2 is 1.86 bits per heavy atom. The van der Waals surface area contributed by atoms with Crippen LogP contribution in [0.1, 0.15) is 34.4 Å². The Labute approximate surface area is 205 Å². The number of carboxylic acid groups (broad SMARTS) is 1. The fourth-order valence-electron chi connectivity index (χ4n) is 4.26. The standard InChI is InChI=1S/C25H24FN7O3/c1-5-33-22(21(26)14(2)30-33)24-29-28-23(32(24)12-16-6-8-18(36-4)9-7-16)19-10-17(25(34)35)13-31-15(3)27-11-20(19)31/h6-11,13H,5,12H2,1-4H3,(H,34,35). The molecule has 36 heavy (non-hydrogen) atoms. The average Bonchev–Trinajstić information content (AvgIpc) is 3.54. The molecule has 5 rings (SSSR count). The van der Waals surface area contributed by atoms with Gasteiger partial charge in [0.15, 0.2) is 17.5 Å². The molecule has 11 heteroatoms. The van der Waals surface area contributed by atoms with E-state index in [0.29, 0.717) is 41.6 Å². The van der Waals surface area contributed by atoms with Crippen LogP contribution in [-0.4, -0.2) is 52.1 Å². The molecule has 0 saturated heterocycles. The van der Waals surface area contributed by atoms with Gasteiger partial charge in [-0.15, -0.1) is 10.2 Å². The van der Waals surface area contributed by atoms with Crippen molar-refractivity contribution in [3.63, 3.8) is 0 Å². The highest BCUT2D eigenvalue weighted by Crippen LogP contribution is 2.32. The fourth-order valence-corrected chi connectivity index (χ4v) is 4.26. The molecule has 0 aliphatic heterocycles. The molecule has 0 spiro atoms. The van der Waals surface area contributed by atoms with Crippen molar-refractivity contribution in [2.75, 3.05) is 7.11 Å². The van der Waals surface area contributed by atoms with E-state index >= 15 is 4.39 Å². The molecule has 4 aromatic heterocycles. The van der Waals surface area contributed by atoms with E-state index in [4.69, 9.17) is 4.74 Å². The number of methoxy groups -OCH3 is 1. The van der Waals surface area contributed by atoms with Crippen LogP contribution < -0.4 is 4.74 Å². The van der Waals surface area contributed by atoms with Crippen molar-refractivity contribution < 1.29 is 19.0 Å². The molecule has 0 amide bonds. The number of rotatable bonds is 7. The summed E-state index contributed by atoms with van der Waals surface area (Å²) in [6.45, 7) is 5.99. The Morgan fingerprint density at radius 3 is 2.53 bits per heavy atom. The molecule has 0 saturated carbocycles. The van der Waals surface area contributed by atoms with Crippen LogP contribution >= 0.6 is 0 Å². The lowest BCUT2D eigenvalue weighted by atomic mass is 10.1. The molecule has 5 aromatic rings. The summed E-state index contributed by atoms with van der Waals surface area (Å²) in [6.07, 6.45) is 3.17. The second-order valence-corrected chi connectivity index (χ2v) is 8.35. The van der Waals surface area contributed by atoms with Crippen molar-refractivity contribution in [1.82, 2.24) is 33.9 Å². The fraction of sp³-hybridized carbons (Fsp3) is 0.240. The molecule has 0 unspecified atom stereocenters. The van der Waals surface area contributed by atoms with Crippen LogP contribution in [0.2, 0.25) is 0 Å². The molecule has 0 atom stereocenters. The Balaban J connectivity index is 1.78. The van der Waals surface area contributed by atoms with Crippen LogP contribution in [0.3, 0.4) is 0 Å². The van der Waals surface area contributed by atoms with Crippen LogP contribution in [0.5, 0.6) is 5.75 Å². The quantitative estimate of drug-likeness (QED) is 0.368. The van der Waals surface area contributed by atoms with E-state index in [9.17, 15) is 9.90 Å². The largest absolute Gasteiger partial charge is 0.497 e. The summed E-state index contributed by atoms with van der Waals surface area (Å²) < 4.78 is 25.6. The van der Waals surface area contributed by atoms with Crippen molar-refractivity contribution in [2.24, 2.45) is 0 Å². The minimum absolute atomic E-state index is 0.0692. The summed E-state index contributed by atoms with van der Waals surface area (Å²) in [5.74, 6) is 0.446. The van der Waals surface area contributed by atoms with Gasteiger partial charge in [-0.1, -0.05) is 12.1 Å². The van der Waals surface area contributed by atoms with Crippen molar-refractivity contribution >= 4 is 11.5 Å². The lowest BCUT2D eigenvalue weighted by Crippen LogP contribution is -2.10. The molecular weight excluding hydrogens is 465 g/mol. The van der Waals surface area contributed by atoms with Gasteiger partial charge in [0.25, 0.3) is 0 Å². The van der Waals surface area contributed by atoms with Gasteiger partial charge < -0.3 is 18.8 Å². The second kappa shape index (κ2) is 8.91. The van der Waals surface area contributed by atoms with Gasteiger partial charge in [0.2, 0.25) is 0 Å². The molecule has 10 nitrogen and oxygen atoms in total. The summed E-state index contributed by atoms with van der Waals surface area (Å²) in [5, 5.41) is 22.8. The highest BCUT2D eigenvalue weighted by Gasteiger charge is 2.26. The van der Waals surface area contributed by atoms with Crippen molar-refractivity contribution in [3.05, 3.63) is 71.2 Å². The third-order valence-corrected chi connectivity index (χ3v) is 6.13. The lowest BCUT2D eigenvalue weighted by molar-refractivity contribution is 0.0696. The van der Waals surface area contributed by atoms with E-state index in [-0.39, 0.29) is 22.8 Å². The number of fused-ring (bicyclic) bond motifs is 1. The lowest BCUT2D eigenvalue weighted by Gasteiger charge is -2.13. The average molecular weight is 490 g/mol. The Hall–Kier alpha value is -4.54. The Morgan fingerprint density at radius 1 is 1.14 bits per heavy atom. The highest BCUT2D eigenvalue weighted by molar-refractivity contribution is 5.91. The van der Waals surface area contributed by atoms with Gasteiger partial charge in [0.1, 0.15) is 17.3 Å². The van der Waals surface area contributed by atoms with Gasteiger partial charge in [-0.3, -0.25) is 4.68 Å². The Bertz CT molecular complexity index is 1600. The second-order valence-electron chi connectivity index (χ2n) is 8.35. The molecule has 1 N–H and O–H groups in total. The smallest absolute Gasteiger partial charge is 0.337 e. The number of carbonyl (C=O) groups is 1. The maximum atomic E-state index is 15.3. The number of hydrogen-bond acceptors (Lipinski definition) is 6. The molecule has 1 aromatic carbocycles. The van der Waals surface area contributed by atoms with Crippen LogP contribution in [0.4, 0.5) is 4.39 Å². The summed E-state index contributed by atoms with van der Waals surface area (Å²) in [4.78, 5) is 16.3. The third kappa shape index (κ3) is 3.78. The predicted octanol–water partition coefficient (Wildman–Crippen LogP) is 3.99. The molecule has 0 bridgehead atoms. The first-order chi connectivity index (χ1) is 17.3. The number of nitrogens with zero attached hydrogens (tertiary/aromatic N) is 7. The maximum Gasteiger partial charge on any atom is 0.337 e. The number of hydrogen-bond donors (Lipinski definition) is 1. The maximum absolute atomic E-state index is 15.3. The van der Waals surface area contributed by atoms with Gasteiger partial charge in [0.05, 0.1) is 36.6 Å². The molecule has 0 fully saturated rings. The molecular formula is C25H24FN7O3. The highest BCUT2D eigenvalue weighted by atomic mass is 19.1.